The Morgan fingerprint density at radius 2 is 2.19 bits per heavy atom. The molecule has 0 spiro atoms. The summed E-state index contributed by atoms with van der Waals surface area (Å²) >= 11 is 0. The van der Waals surface area contributed by atoms with Crippen LogP contribution in [0.5, 0.6) is 0 Å². The number of rotatable bonds is 5. The summed E-state index contributed by atoms with van der Waals surface area (Å²) < 4.78 is 0. The van der Waals surface area contributed by atoms with Gasteiger partial charge in [0.25, 0.3) is 5.91 Å². The van der Waals surface area contributed by atoms with Gasteiger partial charge >= 0.3 is 0 Å². The molecule has 21 heavy (non-hydrogen) atoms. The SMILES string of the molecule is CCCNc1cc(C(=O)NC2CCCC(C)CC2)ccn1. The minimum Gasteiger partial charge on any atom is -0.370 e. The molecule has 0 aromatic carbocycles. The van der Waals surface area contributed by atoms with Gasteiger partial charge in [-0.25, -0.2) is 4.98 Å². The number of nitrogens with zero attached hydrogens (tertiary/aromatic N) is 1. The van der Waals surface area contributed by atoms with Gasteiger partial charge in [-0.05, 0) is 43.7 Å². The van der Waals surface area contributed by atoms with Crippen molar-refractivity contribution in [1.82, 2.24) is 10.3 Å². The molecule has 4 nitrogen and oxygen atoms in total. The Morgan fingerprint density at radius 1 is 1.33 bits per heavy atom. The van der Waals surface area contributed by atoms with Crippen molar-refractivity contribution in [3.05, 3.63) is 23.9 Å². The molecule has 2 atom stereocenters. The van der Waals surface area contributed by atoms with Crippen molar-refractivity contribution < 1.29 is 4.79 Å². The van der Waals surface area contributed by atoms with Gasteiger partial charge in [0, 0.05) is 24.3 Å². The number of aromatic nitrogens is 1. The fraction of sp³-hybridized carbons (Fsp3) is 0.647. The number of hydrogen-bond acceptors (Lipinski definition) is 3. The standard InChI is InChI=1S/C17H27N3O/c1-3-10-18-16-12-14(9-11-19-16)17(21)20-15-6-4-5-13(2)7-8-15/h9,11-13,15H,3-8,10H2,1-2H3,(H,18,19)(H,20,21). The van der Waals surface area contributed by atoms with Gasteiger partial charge < -0.3 is 10.6 Å². The number of nitrogens with one attached hydrogen (secondary N) is 2. The fourth-order valence-electron chi connectivity index (χ4n) is 2.82. The van der Waals surface area contributed by atoms with Crippen LogP contribution in [-0.2, 0) is 0 Å². The molecule has 2 N–H and O–H groups in total. The van der Waals surface area contributed by atoms with E-state index in [2.05, 4.69) is 29.5 Å². The zero-order chi connectivity index (χ0) is 15.1. The second-order valence-electron chi connectivity index (χ2n) is 6.14. The maximum absolute atomic E-state index is 12.4. The molecule has 1 aliphatic rings. The first kappa shape index (κ1) is 15.8. The van der Waals surface area contributed by atoms with E-state index in [4.69, 9.17) is 0 Å². The molecule has 2 rings (SSSR count). The van der Waals surface area contributed by atoms with Crippen molar-refractivity contribution in [2.75, 3.05) is 11.9 Å². The molecule has 0 radical (unpaired) electrons. The lowest BCUT2D eigenvalue weighted by atomic mass is 10.0. The van der Waals surface area contributed by atoms with Crippen LogP contribution in [0.2, 0.25) is 0 Å². The van der Waals surface area contributed by atoms with E-state index in [9.17, 15) is 4.79 Å². The lowest BCUT2D eigenvalue weighted by Crippen LogP contribution is -2.34. The van der Waals surface area contributed by atoms with Crippen LogP contribution in [0.4, 0.5) is 5.82 Å². The number of carbonyl (C=O) groups is 1. The average molecular weight is 289 g/mol. The van der Waals surface area contributed by atoms with E-state index in [0.29, 0.717) is 11.6 Å². The highest BCUT2D eigenvalue weighted by molar-refractivity contribution is 5.94. The number of carbonyl (C=O) groups excluding carboxylic acids is 1. The van der Waals surface area contributed by atoms with Crippen molar-refractivity contribution in [2.45, 2.75) is 58.4 Å². The van der Waals surface area contributed by atoms with Gasteiger partial charge in [0.15, 0.2) is 0 Å². The van der Waals surface area contributed by atoms with Crippen LogP contribution < -0.4 is 10.6 Å². The number of hydrogen-bond donors (Lipinski definition) is 2. The third-order valence-electron chi connectivity index (χ3n) is 4.17. The zero-order valence-electron chi connectivity index (χ0n) is 13.2. The van der Waals surface area contributed by atoms with Crippen LogP contribution in [0.25, 0.3) is 0 Å². The molecular formula is C17H27N3O. The van der Waals surface area contributed by atoms with Crippen LogP contribution in [0.1, 0.15) is 62.7 Å². The molecule has 1 aliphatic carbocycles. The van der Waals surface area contributed by atoms with Gasteiger partial charge in [-0.3, -0.25) is 4.79 Å². The molecule has 1 amide bonds. The lowest BCUT2D eigenvalue weighted by Gasteiger charge is -2.16. The summed E-state index contributed by atoms with van der Waals surface area (Å²) in [7, 11) is 0. The Balaban J connectivity index is 1.93. The van der Waals surface area contributed by atoms with Crippen molar-refractivity contribution in [2.24, 2.45) is 5.92 Å². The van der Waals surface area contributed by atoms with E-state index in [1.165, 1.54) is 19.3 Å². The quantitative estimate of drug-likeness (QED) is 0.814. The molecule has 116 valence electrons. The van der Waals surface area contributed by atoms with E-state index in [-0.39, 0.29) is 5.91 Å². The minimum absolute atomic E-state index is 0.0245. The summed E-state index contributed by atoms with van der Waals surface area (Å²) in [5.41, 5.74) is 0.695. The summed E-state index contributed by atoms with van der Waals surface area (Å²) in [4.78, 5) is 16.6. The van der Waals surface area contributed by atoms with Crippen LogP contribution in [0.15, 0.2) is 18.3 Å². The van der Waals surface area contributed by atoms with Crippen LogP contribution in [0, 0.1) is 5.92 Å². The highest BCUT2D eigenvalue weighted by atomic mass is 16.1. The Bertz CT molecular complexity index is 461. The smallest absolute Gasteiger partial charge is 0.251 e. The maximum Gasteiger partial charge on any atom is 0.251 e. The summed E-state index contributed by atoms with van der Waals surface area (Å²) in [6.07, 6.45) is 8.64. The summed E-state index contributed by atoms with van der Waals surface area (Å²) in [6.45, 7) is 5.29. The van der Waals surface area contributed by atoms with Gasteiger partial charge in [0.05, 0.1) is 0 Å². The number of pyridine rings is 1. The van der Waals surface area contributed by atoms with E-state index in [0.717, 1.165) is 37.5 Å². The van der Waals surface area contributed by atoms with Crippen molar-refractivity contribution in [3.8, 4) is 0 Å². The molecule has 2 unspecified atom stereocenters. The maximum atomic E-state index is 12.4. The second kappa shape index (κ2) is 8.01. The lowest BCUT2D eigenvalue weighted by molar-refractivity contribution is 0.0933. The van der Waals surface area contributed by atoms with Gasteiger partial charge in [0.2, 0.25) is 0 Å². The Kier molecular flexibility index (Phi) is 6.03. The first-order valence-electron chi connectivity index (χ1n) is 8.19. The predicted molar refractivity (Wildman–Crippen MR) is 86.5 cm³/mol. The van der Waals surface area contributed by atoms with Gasteiger partial charge in [0.1, 0.15) is 5.82 Å². The third-order valence-corrected chi connectivity index (χ3v) is 4.17. The molecule has 1 fully saturated rings. The first-order valence-corrected chi connectivity index (χ1v) is 8.19. The monoisotopic (exact) mass is 289 g/mol. The van der Waals surface area contributed by atoms with Crippen molar-refractivity contribution >= 4 is 11.7 Å². The second-order valence-corrected chi connectivity index (χ2v) is 6.14. The Labute approximate surface area is 127 Å². The van der Waals surface area contributed by atoms with E-state index in [1.54, 1.807) is 12.3 Å². The van der Waals surface area contributed by atoms with Crippen molar-refractivity contribution in [1.29, 1.82) is 0 Å². The molecule has 0 bridgehead atoms. The molecule has 0 saturated heterocycles. The number of amides is 1. The Morgan fingerprint density at radius 3 is 3.00 bits per heavy atom. The predicted octanol–water partition coefficient (Wildman–Crippen LogP) is 3.60. The highest BCUT2D eigenvalue weighted by Gasteiger charge is 2.18. The summed E-state index contributed by atoms with van der Waals surface area (Å²) in [5.74, 6) is 1.59. The van der Waals surface area contributed by atoms with E-state index < -0.39 is 0 Å². The largest absolute Gasteiger partial charge is 0.370 e. The zero-order valence-corrected chi connectivity index (χ0v) is 13.2. The van der Waals surface area contributed by atoms with Crippen LogP contribution >= 0.6 is 0 Å². The Hall–Kier alpha value is -1.58. The summed E-state index contributed by atoms with van der Waals surface area (Å²) in [5, 5.41) is 6.40. The highest BCUT2D eigenvalue weighted by Crippen LogP contribution is 2.22. The van der Waals surface area contributed by atoms with Gasteiger partial charge in [-0.2, -0.15) is 0 Å². The molecule has 1 aromatic rings. The molecule has 1 heterocycles. The molecule has 1 saturated carbocycles. The minimum atomic E-state index is 0.0245. The normalized spacial score (nSPS) is 22.4. The third kappa shape index (κ3) is 5.03. The molecule has 1 aromatic heterocycles. The first-order chi connectivity index (χ1) is 10.2. The fourth-order valence-corrected chi connectivity index (χ4v) is 2.82. The van der Waals surface area contributed by atoms with Crippen molar-refractivity contribution in [3.63, 3.8) is 0 Å². The van der Waals surface area contributed by atoms with E-state index >= 15 is 0 Å². The summed E-state index contributed by atoms with van der Waals surface area (Å²) in [6, 6.07) is 3.94. The molecular weight excluding hydrogens is 262 g/mol. The molecule has 0 aliphatic heterocycles. The average Bonchev–Trinajstić information content (AvgIpc) is 2.70. The van der Waals surface area contributed by atoms with Gasteiger partial charge in [-0.15, -0.1) is 0 Å². The van der Waals surface area contributed by atoms with Crippen LogP contribution in [0.3, 0.4) is 0 Å². The van der Waals surface area contributed by atoms with Crippen LogP contribution in [-0.4, -0.2) is 23.5 Å². The molecule has 4 heteroatoms. The van der Waals surface area contributed by atoms with Gasteiger partial charge in [-0.1, -0.05) is 26.7 Å². The number of anilines is 1. The van der Waals surface area contributed by atoms with E-state index in [1.807, 2.05) is 6.07 Å². The topological polar surface area (TPSA) is 54.0 Å².